The van der Waals surface area contributed by atoms with Gasteiger partial charge in [0.25, 0.3) is 0 Å². The number of rotatable bonds is 6. The van der Waals surface area contributed by atoms with Gasteiger partial charge in [-0.3, -0.25) is 4.90 Å². The fourth-order valence-electron chi connectivity index (χ4n) is 1.51. The molecule has 0 aliphatic heterocycles. The molecule has 0 aliphatic rings. The van der Waals surface area contributed by atoms with E-state index in [-0.39, 0.29) is 6.10 Å². The van der Waals surface area contributed by atoms with E-state index in [0.29, 0.717) is 0 Å². The van der Waals surface area contributed by atoms with E-state index in [4.69, 9.17) is 0 Å². The van der Waals surface area contributed by atoms with Gasteiger partial charge in [0.1, 0.15) is 5.82 Å². The van der Waals surface area contributed by atoms with E-state index in [0.717, 1.165) is 31.9 Å². The Labute approximate surface area is 91.5 Å². The average molecular weight is 211 g/mol. The lowest BCUT2D eigenvalue weighted by atomic mass is 10.3. The van der Waals surface area contributed by atoms with Crippen molar-refractivity contribution >= 4 is 0 Å². The average Bonchev–Trinajstić information content (AvgIpc) is 2.62. The van der Waals surface area contributed by atoms with Gasteiger partial charge in [-0.1, -0.05) is 0 Å². The molecule has 1 rings (SSSR count). The molecular formula is C11H21N3O. The molecule has 0 aliphatic carbocycles. The molecule has 4 heteroatoms. The van der Waals surface area contributed by atoms with Crippen LogP contribution >= 0.6 is 0 Å². The molecule has 0 radical (unpaired) electrons. The van der Waals surface area contributed by atoms with E-state index < -0.39 is 0 Å². The first kappa shape index (κ1) is 12.2. The SMILES string of the molecule is CCn1ccnc1CN(C)CCC(C)O. The summed E-state index contributed by atoms with van der Waals surface area (Å²) in [6.45, 7) is 6.63. The maximum Gasteiger partial charge on any atom is 0.122 e. The van der Waals surface area contributed by atoms with Crippen molar-refractivity contribution in [3.63, 3.8) is 0 Å². The summed E-state index contributed by atoms with van der Waals surface area (Å²) in [6, 6.07) is 0. The predicted molar refractivity (Wildman–Crippen MR) is 60.5 cm³/mol. The van der Waals surface area contributed by atoms with Crippen LogP contribution < -0.4 is 0 Å². The van der Waals surface area contributed by atoms with Crippen LogP contribution in [0.5, 0.6) is 0 Å². The van der Waals surface area contributed by atoms with E-state index in [1.165, 1.54) is 0 Å². The Morgan fingerprint density at radius 2 is 2.33 bits per heavy atom. The van der Waals surface area contributed by atoms with Crippen molar-refractivity contribution in [1.82, 2.24) is 14.5 Å². The van der Waals surface area contributed by atoms with E-state index in [9.17, 15) is 5.11 Å². The van der Waals surface area contributed by atoms with Gasteiger partial charge in [-0.25, -0.2) is 4.98 Å². The van der Waals surface area contributed by atoms with E-state index in [1.54, 1.807) is 0 Å². The molecule has 0 saturated heterocycles. The minimum absolute atomic E-state index is 0.224. The molecule has 0 amide bonds. The molecule has 86 valence electrons. The van der Waals surface area contributed by atoms with Crippen molar-refractivity contribution in [3.05, 3.63) is 18.2 Å². The zero-order chi connectivity index (χ0) is 11.3. The second-order valence-corrected chi connectivity index (χ2v) is 4.00. The highest BCUT2D eigenvalue weighted by Gasteiger charge is 2.06. The van der Waals surface area contributed by atoms with Crippen LogP contribution in [0.2, 0.25) is 0 Å². The monoisotopic (exact) mass is 211 g/mol. The second-order valence-electron chi connectivity index (χ2n) is 4.00. The Morgan fingerprint density at radius 1 is 1.60 bits per heavy atom. The molecule has 1 atom stereocenters. The Kier molecular flexibility index (Phi) is 4.78. The third-order valence-electron chi connectivity index (χ3n) is 2.48. The summed E-state index contributed by atoms with van der Waals surface area (Å²) in [5, 5.41) is 9.18. The molecule has 1 aromatic rings. The number of imidazole rings is 1. The number of hydrogen-bond donors (Lipinski definition) is 1. The van der Waals surface area contributed by atoms with Gasteiger partial charge < -0.3 is 9.67 Å². The maximum absolute atomic E-state index is 9.18. The highest BCUT2D eigenvalue weighted by Crippen LogP contribution is 2.02. The summed E-state index contributed by atoms with van der Waals surface area (Å²) in [5.74, 6) is 1.09. The molecule has 0 aromatic carbocycles. The molecule has 4 nitrogen and oxygen atoms in total. The molecular weight excluding hydrogens is 190 g/mol. The standard InChI is InChI=1S/C11H21N3O/c1-4-14-8-6-12-11(14)9-13(3)7-5-10(2)15/h6,8,10,15H,4-5,7,9H2,1-3H3. The van der Waals surface area contributed by atoms with Crippen LogP contribution in [0.1, 0.15) is 26.1 Å². The van der Waals surface area contributed by atoms with Crippen molar-refractivity contribution in [2.45, 2.75) is 39.5 Å². The number of aliphatic hydroxyl groups is 1. The molecule has 0 fully saturated rings. The maximum atomic E-state index is 9.18. The highest BCUT2D eigenvalue weighted by molar-refractivity contribution is 4.91. The third-order valence-corrected chi connectivity index (χ3v) is 2.48. The summed E-state index contributed by atoms with van der Waals surface area (Å²) in [4.78, 5) is 6.49. The molecule has 0 bridgehead atoms. The minimum atomic E-state index is -0.224. The quantitative estimate of drug-likeness (QED) is 0.766. The Morgan fingerprint density at radius 3 is 2.93 bits per heavy atom. The van der Waals surface area contributed by atoms with Crippen LogP contribution in [-0.4, -0.2) is 39.3 Å². The zero-order valence-corrected chi connectivity index (χ0v) is 9.85. The predicted octanol–water partition coefficient (Wildman–Crippen LogP) is 1.11. The van der Waals surface area contributed by atoms with E-state index >= 15 is 0 Å². The van der Waals surface area contributed by atoms with Gasteiger partial charge in [0.2, 0.25) is 0 Å². The van der Waals surface area contributed by atoms with Gasteiger partial charge >= 0.3 is 0 Å². The van der Waals surface area contributed by atoms with Gasteiger partial charge in [0.05, 0.1) is 12.6 Å². The van der Waals surface area contributed by atoms with E-state index in [2.05, 4.69) is 28.4 Å². The Hall–Kier alpha value is -0.870. The summed E-state index contributed by atoms with van der Waals surface area (Å²) in [5.41, 5.74) is 0. The van der Waals surface area contributed by atoms with Crippen LogP contribution in [-0.2, 0) is 13.1 Å². The lowest BCUT2D eigenvalue weighted by Gasteiger charge is -2.17. The lowest BCUT2D eigenvalue weighted by Crippen LogP contribution is -2.23. The first-order chi connectivity index (χ1) is 7.13. The molecule has 0 saturated carbocycles. The van der Waals surface area contributed by atoms with Gasteiger partial charge in [-0.2, -0.15) is 0 Å². The van der Waals surface area contributed by atoms with E-state index in [1.807, 2.05) is 19.3 Å². The minimum Gasteiger partial charge on any atom is -0.393 e. The molecule has 15 heavy (non-hydrogen) atoms. The summed E-state index contributed by atoms with van der Waals surface area (Å²) in [7, 11) is 2.05. The second kappa shape index (κ2) is 5.88. The normalized spacial score (nSPS) is 13.4. The number of aryl methyl sites for hydroxylation is 1. The van der Waals surface area contributed by atoms with Crippen molar-refractivity contribution < 1.29 is 5.11 Å². The summed E-state index contributed by atoms with van der Waals surface area (Å²) in [6.07, 6.45) is 4.42. The van der Waals surface area contributed by atoms with Crippen LogP contribution in [0.25, 0.3) is 0 Å². The van der Waals surface area contributed by atoms with Crippen molar-refractivity contribution in [1.29, 1.82) is 0 Å². The number of aromatic nitrogens is 2. The van der Waals surface area contributed by atoms with Crippen LogP contribution in [0.15, 0.2) is 12.4 Å². The summed E-state index contributed by atoms with van der Waals surface area (Å²) >= 11 is 0. The smallest absolute Gasteiger partial charge is 0.122 e. The molecule has 1 heterocycles. The fourth-order valence-corrected chi connectivity index (χ4v) is 1.51. The summed E-state index contributed by atoms with van der Waals surface area (Å²) < 4.78 is 2.14. The first-order valence-electron chi connectivity index (χ1n) is 5.50. The lowest BCUT2D eigenvalue weighted by molar-refractivity contribution is 0.161. The number of hydrogen-bond acceptors (Lipinski definition) is 3. The topological polar surface area (TPSA) is 41.3 Å². The van der Waals surface area contributed by atoms with Crippen LogP contribution in [0.4, 0.5) is 0 Å². The Bertz CT molecular complexity index is 283. The first-order valence-corrected chi connectivity index (χ1v) is 5.50. The van der Waals surface area contributed by atoms with Crippen molar-refractivity contribution in [2.75, 3.05) is 13.6 Å². The van der Waals surface area contributed by atoms with Crippen LogP contribution in [0.3, 0.4) is 0 Å². The van der Waals surface area contributed by atoms with Crippen molar-refractivity contribution in [2.24, 2.45) is 0 Å². The van der Waals surface area contributed by atoms with Gasteiger partial charge in [-0.05, 0) is 27.3 Å². The third kappa shape index (κ3) is 4.01. The molecule has 0 spiro atoms. The number of nitrogens with zero attached hydrogens (tertiary/aromatic N) is 3. The molecule has 1 N–H and O–H groups in total. The van der Waals surface area contributed by atoms with Crippen molar-refractivity contribution in [3.8, 4) is 0 Å². The zero-order valence-electron chi connectivity index (χ0n) is 9.85. The van der Waals surface area contributed by atoms with Gasteiger partial charge in [0.15, 0.2) is 0 Å². The molecule has 1 unspecified atom stereocenters. The highest BCUT2D eigenvalue weighted by atomic mass is 16.3. The largest absolute Gasteiger partial charge is 0.393 e. The van der Waals surface area contributed by atoms with Crippen LogP contribution in [0, 0.1) is 0 Å². The number of aliphatic hydroxyl groups excluding tert-OH is 1. The van der Waals surface area contributed by atoms with Gasteiger partial charge in [-0.15, -0.1) is 0 Å². The fraction of sp³-hybridized carbons (Fsp3) is 0.727. The molecule has 1 aromatic heterocycles. The van der Waals surface area contributed by atoms with Gasteiger partial charge in [0, 0.05) is 25.5 Å². The Balaban J connectivity index is 2.40.